The van der Waals surface area contributed by atoms with Crippen molar-refractivity contribution in [2.75, 3.05) is 23.3 Å². The smallest absolute Gasteiger partial charge is 0.280 e. The van der Waals surface area contributed by atoms with Crippen molar-refractivity contribution in [3.63, 3.8) is 0 Å². The lowest BCUT2D eigenvalue weighted by atomic mass is 10.1. The van der Waals surface area contributed by atoms with E-state index in [1.54, 1.807) is 35.9 Å². The van der Waals surface area contributed by atoms with E-state index in [2.05, 4.69) is 15.3 Å². The molecular formula is C23H23ClN4O2. The van der Waals surface area contributed by atoms with Crippen molar-refractivity contribution < 1.29 is 4.79 Å². The Balaban J connectivity index is 1.65. The van der Waals surface area contributed by atoms with Crippen LogP contribution in [0.4, 0.5) is 11.4 Å². The van der Waals surface area contributed by atoms with E-state index in [0.29, 0.717) is 16.4 Å². The van der Waals surface area contributed by atoms with Crippen LogP contribution in [-0.2, 0) is 0 Å². The first-order valence-corrected chi connectivity index (χ1v) is 10.4. The monoisotopic (exact) mass is 422 g/mol. The fourth-order valence-corrected chi connectivity index (χ4v) is 3.85. The van der Waals surface area contributed by atoms with Crippen molar-refractivity contribution in [3.05, 3.63) is 81.2 Å². The second-order valence-electron chi connectivity index (χ2n) is 7.41. The minimum absolute atomic E-state index is 0.149. The van der Waals surface area contributed by atoms with Crippen LogP contribution in [0.2, 0.25) is 5.02 Å². The van der Waals surface area contributed by atoms with E-state index in [0.717, 1.165) is 37.3 Å². The van der Waals surface area contributed by atoms with Crippen LogP contribution in [0, 0.1) is 6.92 Å². The highest BCUT2D eigenvalue weighted by Crippen LogP contribution is 2.28. The van der Waals surface area contributed by atoms with E-state index < -0.39 is 11.3 Å². The highest BCUT2D eigenvalue weighted by molar-refractivity contribution is 6.30. The van der Waals surface area contributed by atoms with Gasteiger partial charge in [0, 0.05) is 29.9 Å². The molecule has 3 aromatic rings. The molecule has 0 bridgehead atoms. The molecule has 1 fully saturated rings. The number of hydrogen-bond acceptors (Lipinski definition) is 4. The molecule has 30 heavy (non-hydrogen) atoms. The molecule has 2 heterocycles. The second kappa shape index (κ2) is 8.71. The van der Waals surface area contributed by atoms with Crippen LogP contribution in [-0.4, -0.2) is 28.8 Å². The summed E-state index contributed by atoms with van der Waals surface area (Å²) in [7, 11) is 0. The van der Waals surface area contributed by atoms with Crippen molar-refractivity contribution in [1.29, 1.82) is 0 Å². The summed E-state index contributed by atoms with van der Waals surface area (Å²) < 4.78 is 1.57. The number of halogens is 1. The molecule has 4 rings (SSSR count). The fourth-order valence-electron chi connectivity index (χ4n) is 3.72. The van der Waals surface area contributed by atoms with Gasteiger partial charge in [-0.1, -0.05) is 23.7 Å². The number of amides is 1. The molecule has 6 nitrogen and oxygen atoms in total. The number of aryl methyl sites for hydroxylation is 1. The minimum Gasteiger partial charge on any atom is -0.370 e. The maximum atomic E-state index is 13.0. The van der Waals surface area contributed by atoms with Crippen LogP contribution < -0.4 is 15.6 Å². The van der Waals surface area contributed by atoms with Gasteiger partial charge in [-0.3, -0.25) is 9.59 Å². The summed E-state index contributed by atoms with van der Waals surface area (Å²) in [5, 5.41) is 7.84. The molecule has 2 aromatic carbocycles. The van der Waals surface area contributed by atoms with Gasteiger partial charge in [-0.05, 0) is 62.6 Å². The van der Waals surface area contributed by atoms with Crippen LogP contribution in [0.25, 0.3) is 5.69 Å². The Kier molecular flexibility index (Phi) is 5.86. The van der Waals surface area contributed by atoms with Crippen molar-refractivity contribution in [3.8, 4) is 5.69 Å². The lowest BCUT2D eigenvalue weighted by Crippen LogP contribution is -2.31. The van der Waals surface area contributed by atoms with E-state index in [4.69, 9.17) is 11.6 Å². The third kappa shape index (κ3) is 4.24. The SMILES string of the molecule is Cc1cc(=O)c(C(=O)Nc2ccccc2N2CCCCC2)nn1-c1ccc(Cl)cc1. The first-order valence-electron chi connectivity index (χ1n) is 10.1. The van der Waals surface area contributed by atoms with Gasteiger partial charge in [0.2, 0.25) is 5.43 Å². The van der Waals surface area contributed by atoms with Gasteiger partial charge in [-0.25, -0.2) is 4.68 Å². The minimum atomic E-state index is -0.521. The van der Waals surface area contributed by atoms with Gasteiger partial charge in [0.15, 0.2) is 5.69 Å². The number of carbonyl (C=O) groups excluding carboxylic acids is 1. The third-order valence-corrected chi connectivity index (χ3v) is 5.49. The molecule has 0 unspecified atom stereocenters. The zero-order valence-corrected chi connectivity index (χ0v) is 17.5. The summed E-state index contributed by atoms with van der Waals surface area (Å²) in [4.78, 5) is 27.8. The molecule has 0 atom stereocenters. The van der Waals surface area contributed by atoms with E-state index in [1.807, 2.05) is 24.3 Å². The molecule has 1 amide bonds. The van der Waals surface area contributed by atoms with Crippen LogP contribution in [0.3, 0.4) is 0 Å². The molecule has 0 saturated carbocycles. The number of nitrogens with one attached hydrogen (secondary N) is 1. The van der Waals surface area contributed by atoms with E-state index >= 15 is 0 Å². The third-order valence-electron chi connectivity index (χ3n) is 5.24. The Hall–Kier alpha value is -3.12. The van der Waals surface area contributed by atoms with Crippen molar-refractivity contribution in [2.45, 2.75) is 26.2 Å². The number of hydrogen-bond donors (Lipinski definition) is 1. The molecular weight excluding hydrogens is 400 g/mol. The Labute approximate surface area is 180 Å². The second-order valence-corrected chi connectivity index (χ2v) is 7.84. The number of nitrogens with zero attached hydrogens (tertiary/aromatic N) is 3. The number of anilines is 2. The zero-order valence-electron chi connectivity index (χ0n) is 16.8. The number of aromatic nitrogens is 2. The molecule has 1 aliphatic rings. The molecule has 1 N–H and O–H groups in total. The lowest BCUT2D eigenvalue weighted by Gasteiger charge is -2.30. The molecule has 154 valence electrons. The lowest BCUT2D eigenvalue weighted by molar-refractivity contribution is 0.101. The Morgan fingerprint density at radius 1 is 1.03 bits per heavy atom. The Morgan fingerprint density at radius 2 is 1.73 bits per heavy atom. The Morgan fingerprint density at radius 3 is 2.47 bits per heavy atom. The van der Waals surface area contributed by atoms with E-state index in [-0.39, 0.29) is 5.69 Å². The average molecular weight is 423 g/mol. The maximum Gasteiger partial charge on any atom is 0.280 e. The molecule has 1 aromatic heterocycles. The predicted molar refractivity (Wildman–Crippen MR) is 120 cm³/mol. The number of carbonyl (C=O) groups is 1. The topological polar surface area (TPSA) is 67.2 Å². The van der Waals surface area contributed by atoms with Gasteiger partial charge in [-0.15, -0.1) is 0 Å². The quantitative estimate of drug-likeness (QED) is 0.675. The average Bonchev–Trinajstić information content (AvgIpc) is 2.75. The van der Waals surface area contributed by atoms with E-state index in [1.165, 1.54) is 12.5 Å². The van der Waals surface area contributed by atoms with Gasteiger partial charge in [0.25, 0.3) is 5.91 Å². The highest BCUT2D eigenvalue weighted by Gasteiger charge is 2.19. The standard InChI is InChI=1S/C23H23ClN4O2/c1-16-15-21(29)22(26-28(16)18-11-9-17(24)10-12-18)23(30)25-19-7-3-4-8-20(19)27-13-5-2-6-14-27/h3-4,7-12,15H,2,5-6,13-14H2,1H3,(H,25,30). The van der Waals surface area contributed by atoms with Gasteiger partial charge < -0.3 is 10.2 Å². The highest BCUT2D eigenvalue weighted by atomic mass is 35.5. The summed E-state index contributed by atoms with van der Waals surface area (Å²) in [5.74, 6) is -0.521. The first-order chi connectivity index (χ1) is 14.5. The molecule has 1 saturated heterocycles. The summed E-state index contributed by atoms with van der Waals surface area (Å²) >= 11 is 5.97. The molecule has 0 radical (unpaired) electrons. The van der Waals surface area contributed by atoms with Crippen molar-refractivity contribution in [1.82, 2.24) is 9.78 Å². The summed E-state index contributed by atoms with van der Waals surface area (Å²) in [5.41, 5.74) is 2.45. The van der Waals surface area contributed by atoms with Gasteiger partial charge >= 0.3 is 0 Å². The van der Waals surface area contributed by atoms with Crippen molar-refractivity contribution >= 4 is 28.9 Å². The molecule has 7 heteroatoms. The largest absolute Gasteiger partial charge is 0.370 e. The predicted octanol–water partition coefficient (Wildman–Crippen LogP) is 4.44. The van der Waals surface area contributed by atoms with Gasteiger partial charge in [0.05, 0.1) is 17.1 Å². The molecule has 0 spiro atoms. The Bertz CT molecular complexity index is 1120. The first kappa shape index (κ1) is 20.2. The van der Waals surface area contributed by atoms with Crippen LogP contribution >= 0.6 is 11.6 Å². The number of benzene rings is 2. The van der Waals surface area contributed by atoms with Gasteiger partial charge in [0.1, 0.15) is 0 Å². The fraction of sp³-hybridized carbons (Fsp3) is 0.261. The van der Waals surface area contributed by atoms with Crippen molar-refractivity contribution in [2.24, 2.45) is 0 Å². The van der Waals surface area contributed by atoms with E-state index in [9.17, 15) is 9.59 Å². The van der Waals surface area contributed by atoms with Crippen LogP contribution in [0.5, 0.6) is 0 Å². The summed E-state index contributed by atoms with van der Waals surface area (Å²) in [6.07, 6.45) is 3.49. The number of piperidine rings is 1. The molecule has 0 aliphatic carbocycles. The summed E-state index contributed by atoms with van der Waals surface area (Å²) in [6.45, 7) is 3.69. The summed E-state index contributed by atoms with van der Waals surface area (Å²) in [6, 6.07) is 16.2. The van der Waals surface area contributed by atoms with Crippen LogP contribution in [0.15, 0.2) is 59.4 Å². The normalized spacial score (nSPS) is 13.9. The maximum absolute atomic E-state index is 13.0. The molecule has 1 aliphatic heterocycles. The van der Waals surface area contributed by atoms with Crippen LogP contribution in [0.1, 0.15) is 35.4 Å². The van der Waals surface area contributed by atoms with Gasteiger partial charge in [-0.2, -0.15) is 5.10 Å². The number of para-hydroxylation sites is 2. The zero-order chi connectivity index (χ0) is 21.1. The number of rotatable bonds is 4.